The molecule has 0 heterocycles. The van der Waals surface area contributed by atoms with Gasteiger partial charge in [0.1, 0.15) is 6.04 Å². The molecule has 96 valence electrons. The van der Waals surface area contributed by atoms with Crippen LogP contribution in [0.25, 0.3) is 0 Å². The van der Waals surface area contributed by atoms with Crippen LogP contribution in [0, 0.1) is 13.8 Å². The van der Waals surface area contributed by atoms with Gasteiger partial charge in [-0.25, -0.2) is 0 Å². The maximum absolute atomic E-state index is 11.7. The third-order valence-corrected chi connectivity index (χ3v) is 2.98. The van der Waals surface area contributed by atoms with Gasteiger partial charge in [0, 0.05) is 11.3 Å². The van der Waals surface area contributed by atoms with Gasteiger partial charge in [0.15, 0.2) is 5.78 Å². The lowest BCUT2D eigenvalue weighted by molar-refractivity contribution is -0.113. The second kappa shape index (κ2) is 5.63. The molecule has 1 rings (SSSR count). The molecule has 0 amide bonds. The van der Waals surface area contributed by atoms with Crippen LogP contribution in [0.2, 0.25) is 0 Å². The van der Waals surface area contributed by atoms with Gasteiger partial charge in [0.2, 0.25) is 0 Å². The third kappa shape index (κ3) is 2.86. The maximum atomic E-state index is 11.7. The minimum atomic E-state index is -0.381. The number of rotatable bonds is 4. The molecule has 1 atom stereocenters. The lowest BCUT2D eigenvalue weighted by Crippen LogP contribution is -2.14. The van der Waals surface area contributed by atoms with Gasteiger partial charge >= 0.3 is 0 Å². The number of nitrogens with zero attached hydrogens (tertiary/aromatic N) is 1. The van der Waals surface area contributed by atoms with E-state index in [0.717, 1.165) is 11.1 Å². The highest BCUT2D eigenvalue weighted by atomic mass is 16.1. The van der Waals surface area contributed by atoms with Crippen molar-refractivity contribution < 1.29 is 4.79 Å². The van der Waals surface area contributed by atoms with E-state index in [2.05, 4.69) is 17.8 Å². The van der Waals surface area contributed by atoms with E-state index in [9.17, 15) is 4.79 Å². The number of Topliss-reactive ketones (excluding diaryl/α,β-unsaturated/α-hetero) is 1. The smallest absolute Gasteiger partial charge is 0.160 e. The molecule has 0 aliphatic rings. The van der Waals surface area contributed by atoms with Crippen LogP contribution in [0.3, 0.4) is 0 Å². The molecular weight excluding hydrogens is 224 g/mol. The van der Waals surface area contributed by atoms with Crippen molar-refractivity contribution in [1.29, 1.82) is 0 Å². The molecule has 18 heavy (non-hydrogen) atoms. The Morgan fingerprint density at radius 2 is 1.94 bits per heavy atom. The Hall–Kier alpha value is -1.90. The van der Waals surface area contributed by atoms with Crippen LogP contribution in [0.5, 0.6) is 0 Å². The van der Waals surface area contributed by atoms with Crippen molar-refractivity contribution in [3.8, 4) is 0 Å². The second-order valence-corrected chi connectivity index (χ2v) is 4.60. The number of nitrogens with two attached hydrogens (primary N) is 1. The van der Waals surface area contributed by atoms with E-state index in [0.29, 0.717) is 11.3 Å². The van der Waals surface area contributed by atoms with Gasteiger partial charge in [-0.05, 0) is 45.5 Å². The van der Waals surface area contributed by atoms with Gasteiger partial charge in [-0.15, -0.1) is 0 Å². The van der Waals surface area contributed by atoms with Crippen molar-refractivity contribution in [2.45, 2.75) is 33.7 Å². The van der Waals surface area contributed by atoms with Crippen molar-refractivity contribution in [3.63, 3.8) is 0 Å². The molecule has 0 bridgehead atoms. The standard InChI is InChI=1S/C15H20N2O/c1-9-6-7-13(10(2)8-9)15(17-5)14(11(3)16)12(4)18/h6-8,15H,5,16H2,1-4H3/b14-11-. The van der Waals surface area contributed by atoms with Crippen LogP contribution in [0.15, 0.2) is 34.5 Å². The molecule has 1 aromatic rings. The summed E-state index contributed by atoms with van der Waals surface area (Å²) in [5, 5.41) is 0. The topological polar surface area (TPSA) is 55.5 Å². The molecule has 3 nitrogen and oxygen atoms in total. The molecular formula is C15H20N2O. The molecule has 1 aromatic carbocycles. The third-order valence-electron chi connectivity index (χ3n) is 2.98. The highest BCUT2D eigenvalue weighted by Gasteiger charge is 2.21. The van der Waals surface area contributed by atoms with Crippen molar-refractivity contribution in [2.24, 2.45) is 10.7 Å². The molecule has 3 heteroatoms. The highest BCUT2D eigenvalue weighted by Crippen LogP contribution is 2.30. The fraction of sp³-hybridized carbons (Fsp3) is 0.333. The van der Waals surface area contributed by atoms with E-state index >= 15 is 0 Å². The zero-order chi connectivity index (χ0) is 13.9. The Balaban J connectivity index is 3.38. The van der Waals surface area contributed by atoms with Crippen LogP contribution in [0.4, 0.5) is 0 Å². The highest BCUT2D eigenvalue weighted by molar-refractivity contribution is 5.95. The average molecular weight is 244 g/mol. The van der Waals surface area contributed by atoms with Crippen LogP contribution < -0.4 is 5.73 Å². The van der Waals surface area contributed by atoms with E-state index in [-0.39, 0.29) is 11.8 Å². The summed E-state index contributed by atoms with van der Waals surface area (Å²) >= 11 is 0. The molecule has 0 fully saturated rings. The fourth-order valence-electron chi connectivity index (χ4n) is 2.16. The van der Waals surface area contributed by atoms with Crippen LogP contribution in [-0.2, 0) is 4.79 Å². The Labute approximate surface area is 108 Å². The Morgan fingerprint density at radius 3 is 2.33 bits per heavy atom. The van der Waals surface area contributed by atoms with Crippen molar-refractivity contribution >= 4 is 12.5 Å². The summed E-state index contributed by atoms with van der Waals surface area (Å²) in [5.41, 5.74) is 10.1. The van der Waals surface area contributed by atoms with Gasteiger partial charge in [0.05, 0.1) is 0 Å². The van der Waals surface area contributed by atoms with Crippen molar-refractivity contribution in [2.75, 3.05) is 0 Å². The summed E-state index contributed by atoms with van der Waals surface area (Å²) in [6.45, 7) is 10.9. The summed E-state index contributed by atoms with van der Waals surface area (Å²) in [4.78, 5) is 15.8. The van der Waals surface area contributed by atoms with E-state index in [4.69, 9.17) is 5.73 Å². The SMILES string of the molecule is C=NC(/C(C(C)=O)=C(/C)N)c1ccc(C)cc1C. The van der Waals surface area contributed by atoms with Gasteiger partial charge in [-0.2, -0.15) is 0 Å². The number of hydrogen-bond donors (Lipinski definition) is 1. The van der Waals surface area contributed by atoms with Gasteiger partial charge in [-0.1, -0.05) is 23.8 Å². The van der Waals surface area contributed by atoms with Crippen LogP contribution in [-0.4, -0.2) is 12.5 Å². The van der Waals surface area contributed by atoms with Crippen LogP contribution >= 0.6 is 0 Å². The number of carbonyl (C=O) groups is 1. The average Bonchev–Trinajstić information content (AvgIpc) is 2.25. The number of hydrogen-bond acceptors (Lipinski definition) is 3. The molecule has 0 spiro atoms. The predicted octanol–water partition coefficient (Wildman–Crippen LogP) is 2.87. The van der Waals surface area contributed by atoms with Gasteiger partial charge in [0.25, 0.3) is 0 Å². The van der Waals surface area contributed by atoms with E-state index in [1.165, 1.54) is 12.5 Å². The zero-order valence-corrected chi connectivity index (χ0v) is 11.4. The molecule has 0 saturated carbocycles. The molecule has 0 aliphatic heterocycles. The quantitative estimate of drug-likeness (QED) is 0.654. The summed E-state index contributed by atoms with van der Waals surface area (Å²) in [7, 11) is 0. The van der Waals surface area contributed by atoms with Gasteiger partial charge < -0.3 is 5.73 Å². The molecule has 0 saturated heterocycles. The number of ketones is 1. The first-order valence-corrected chi connectivity index (χ1v) is 5.88. The molecule has 0 aliphatic carbocycles. The number of carbonyl (C=O) groups excluding carboxylic acids is 1. The first kappa shape index (κ1) is 14.2. The minimum Gasteiger partial charge on any atom is -0.402 e. The normalized spacial score (nSPS) is 13.8. The summed E-state index contributed by atoms with van der Waals surface area (Å²) < 4.78 is 0. The summed E-state index contributed by atoms with van der Waals surface area (Å²) in [6, 6.07) is 5.67. The van der Waals surface area contributed by atoms with Crippen LogP contribution in [0.1, 0.15) is 36.6 Å². The lowest BCUT2D eigenvalue weighted by Gasteiger charge is -2.18. The first-order valence-electron chi connectivity index (χ1n) is 5.88. The monoisotopic (exact) mass is 244 g/mol. The maximum Gasteiger partial charge on any atom is 0.160 e. The Morgan fingerprint density at radius 1 is 1.33 bits per heavy atom. The van der Waals surface area contributed by atoms with Gasteiger partial charge in [-0.3, -0.25) is 9.79 Å². The number of aliphatic imine (C=N–C) groups is 1. The number of allylic oxidation sites excluding steroid dienone is 1. The lowest BCUT2D eigenvalue weighted by atomic mass is 9.91. The number of aryl methyl sites for hydroxylation is 2. The van der Waals surface area contributed by atoms with E-state index in [1.807, 2.05) is 26.0 Å². The molecule has 0 radical (unpaired) electrons. The molecule has 2 N–H and O–H groups in total. The second-order valence-electron chi connectivity index (χ2n) is 4.60. The molecule has 0 aromatic heterocycles. The Bertz CT molecular complexity index is 511. The number of benzene rings is 1. The fourth-order valence-corrected chi connectivity index (χ4v) is 2.16. The first-order chi connectivity index (χ1) is 8.38. The summed E-state index contributed by atoms with van der Waals surface area (Å²) in [6.07, 6.45) is 0. The van der Waals surface area contributed by atoms with E-state index < -0.39 is 0 Å². The van der Waals surface area contributed by atoms with E-state index in [1.54, 1.807) is 6.92 Å². The summed E-state index contributed by atoms with van der Waals surface area (Å²) in [5.74, 6) is -0.0626. The predicted molar refractivity (Wildman–Crippen MR) is 75.8 cm³/mol. The Kier molecular flexibility index (Phi) is 4.43. The van der Waals surface area contributed by atoms with Crippen molar-refractivity contribution in [1.82, 2.24) is 0 Å². The largest absolute Gasteiger partial charge is 0.402 e. The zero-order valence-electron chi connectivity index (χ0n) is 11.4. The van der Waals surface area contributed by atoms with Crippen molar-refractivity contribution in [3.05, 3.63) is 46.2 Å². The molecule has 1 unspecified atom stereocenters. The minimum absolute atomic E-state index is 0.0626.